The molecule has 18 heavy (non-hydrogen) atoms. The summed E-state index contributed by atoms with van der Waals surface area (Å²) in [7, 11) is 0. The molecule has 0 saturated heterocycles. The largest absolute Gasteiger partial charge is 0.309 e. The van der Waals surface area contributed by atoms with E-state index in [2.05, 4.69) is 36.7 Å². The van der Waals surface area contributed by atoms with Crippen molar-refractivity contribution in [3.63, 3.8) is 0 Å². The highest BCUT2D eigenvalue weighted by Gasteiger charge is 2.16. The number of rotatable bonds is 6. The Morgan fingerprint density at radius 3 is 2.72 bits per heavy atom. The standard InChI is InChI=1S/C14H18ClNS2/c1-3-7-16-12(14-10(2)6-8-17-14)9-11-4-5-13(15)18-11/h4-6,8,12,16H,3,7,9H2,1-2H3. The van der Waals surface area contributed by atoms with Gasteiger partial charge in [-0.15, -0.1) is 22.7 Å². The topological polar surface area (TPSA) is 12.0 Å². The highest BCUT2D eigenvalue weighted by molar-refractivity contribution is 7.16. The second-order valence-corrected chi connectivity index (χ2v) is 7.13. The molecule has 2 rings (SSSR count). The number of hydrogen-bond donors (Lipinski definition) is 1. The van der Waals surface area contributed by atoms with E-state index >= 15 is 0 Å². The normalized spacial score (nSPS) is 12.8. The Bertz CT molecular complexity index is 489. The molecule has 0 aliphatic rings. The number of halogens is 1. The molecule has 0 amide bonds. The Hall–Kier alpha value is -0.350. The molecule has 98 valence electrons. The summed E-state index contributed by atoms with van der Waals surface area (Å²) < 4.78 is 0.877. The van der Waals surface area contributed by atoms with Crippen molar-refractivity contribution in [1.82, 2.24) is 5.32 Å². The summed E-state index contributed by atoms with van der Waals surface area (Å²) in [5.41, 5.74) is 1.39. The van der Waals surface area contributed by atoms with Crippen LogP contribution in [0.2, 0.25) is 4.34 Å². The molecule has 0 aromatic carbocycles. The van der Waals surface area contributed by atoms with Crippen LogP contribution in [0, 0.1) is 6.92 Å². The van der Waals surface area contributed by atoms with Gasteiger partial charge in [0.05, 0.1) is 4.34 Å². The number of nitrogens with one attached hydrogen (secondary N) is 1. The summed E-state index contributed by atoms with van der Waals surface area (Å²) in [6.45, 7) is 5.45. The van der Waals surface area contributed by atoms with Crippen LogP contribution in [0.15, 0.2) is 23.6 Å². The summed E-state index contributed by atoms with van der Waals surface area (Å²) in [4.78, 5) is 2.80. The van der Waals surface area contributed by atoms with Gasteiger partial charge in [-0.1, -0.05) is 18.5 Å². The summed E-state index contributed by atoms with van der Waals surface area (Å²) in [6, 6.07) is 6.73. The lowest BCUT2D eigenvalue weighted by Gasteiger charge is -2.17. The Balaban J connectivity index is 2.12. The van der Waals surface area contributed by atoms with Crippen LogP contribution in [0.3, 0.4) is 0 Å². The summed E-state index contributed by atoms with van der Waals surface area (Å²) in [6.07, 6.45) is 2.19. The van der Waals surface area contributed by atoms with Crippen molar-refractivity contribution >= 4 is 34.3 Å². The van der Waals surface area contributed by atoms with Crippen LogP contribution >= 0.6 is 34.3 Å². The van der Waals surface area contributed by atoms with Gasteiger partial charge in [-0.2, -0.15) is 0 Å². The number of hydrogen-bond acceptors (Lipinski definition) is 3. The van der Waals surface area contributed by atoms with E-state index in [4.69, 9.17) is 11.6 Å². The lowest BCUT2D eigenvalue weighted by Crippen LogP contribution is -2.23. The summed E-state index contributed by atoms with van der Waals surface area (Å²) in [5, 5.41) is 5.82. The molecule has 1 atom stereocenters. The molecule has 1 N–H and O–H groups in total. The first-order valence-corrected chi connectivity index (χ1v) is 8.29. The minimum Gasteiger partial charge on any atom is -0.309 e. The first-order valence-electron chi connectivity index (χ1n) is 6.22. The quantitative estimate of drug-likeness (QED) is 0.786. The molecule has 1 nitrogen and oxygen atoms in total. The molecule has 0 fully saturated rings. The van der Waals surface area contributed by atoms with E-state index in [0.717, 1.165) is 23.7 Å². The van der Waals surface area contributed by atoms with Gasteiger partial charge in [0.1, 0.15) is 0 Å². The van der Waals surface area contributed by atoms with E-state index in [9.17, 15) is 0 Å². The zero-order valence-corrected chi connectivity index (χ0v) is 13.1. The van der Waals surface area contributed by atoms with Crippen LogP contribution in [-0.2, 0) is 6.42 Å². The predicted molar refractivity (Wildman–Crippen MR) is 83.1 cm³/mol. The van der Waals surface area contributed by atoms with Gasteiger partial charge < -0.3 is 5.32 Å². The fraction of sp³-hybridized carbons (Fsp3) is 0.429. The van der Waals surface area contributed by atoms with Gasteiger partial charge in [0.2, 0.25) is 0 Å². The summed E-state index contributed by atoms with van der Waals surface area (Å²) in [5.74, 6) is 0. The maximum Gasteiger partial charge on any atom is 0.0931 e. The third-order valence-electron chi connectivity index (χ3n) is 2.89. The van der Waals surface area contributed by atoms with E-state index < -0.39 is 0 Å². The molecule has 2 heterocycles. The molecule has 0 radical (unpaired) electrons. The highest BCUT2D eigenvalue weighted by atomic mass is 35.5. The van der Waals surface area contributed by atoms with Crippen molar-refractivity contribution in [3.8, 4) is 0 Å². The maximum atomic E-state index is 6.01. The number of aryl methyl sites for hydroxylation is 1. The summed E-state index contributed by atoms with van der Waals surface area (Å²) >= 11 is 9.53. The Labute approximate surface area is 122 Å². The lowest BCUT2D eigenvalue weighted by molar-refractivity contribution is 0.538. The fourth-order valence-corrected chi connectivity index (χ4v) is 4.12. The first kappa shape index (κ1) is 14.1. The lowest BCUT2D eigenvalue weighted by atomic mass is 10.1. The first-order chi connectivity index (χ1) is 8.70. The minimum atomic E-state index is 0.416. The van der Waals surface area contributed by atoms with Gasteiger partial charge in [0.25, 0.3) is 0 Å². The Morgan fingerprint density at radius 2 is 2.17 bits per heavy atom. The number of thiophene rings is 2. The Morgan fingerprint density at radius 1 is 1.33 bits per heavy atom. The van der Waals surface area contributed by atoms with E-state index in [-0.39, 0.29) is 0 Å². The van der Waals surface area contributed by atoms with Gasteiger partial charge in [-0.25, -0.2) is 0 Å². The molecule has 2 aromatic rings. The molecule has 0 bridgehead atoms. The third-order valence-corrected chi connectivity index (χ3v) is 5.28. The molecule has 0 aliphatic heterocycles. The van der Waals surface area contributed by atoms with Crippen LogP contribution in [0.1, 0.15) is 34.7 Å². The van der Waals surface area contributed by atoms with Crippen LogP contribution in [0.25, 0.3) is 0 Å². The highest BCUT2D eigenvalue weighted by Crippen LogP contribution is 2.30. The fourth-order valence-electron chi connectivity index (χ4n) is 1.98. The monoisotopic (exact) mass is 299 g/mol. The molecule has 0 spiro atoms. The average molecular weight is 300 g/mol. The van der Waals surface area contributed by atoms with E-state index in [1.165, 1.54) is 15.3 Å². The van der Waals surface area contributed by atoms with E-state index in [1.54, 1.807) is 11.3 Å². The van der Waals surface area contributed by atoms with E-state index in [1.807, 2.05) is 17.4 Å². The van der Waals surface area contributed by atoms with Gasteiger partial charge in [-0.05, 0) is 49.0 Å². The van der Waals surface area contributed by atoms with E-state index in [0.29, 0.717) is 6.04 Å². The smallest absolute Gasteiger partial charge is 0.0931 e. The average Bonchev–Trinajstić information content (AvgIpc) is 2.93. The van der Waals surface area contributed by atoms with Crippen molar-refractivity contribution in [1.29, 1.82) is 0 Å². The van der Waals surface area contributed by atoms with Crippen LogP contribution in [0.4, 0.5) is 0 Å². The molecular weight excluding hydrogens is 282 g/mol. The van der Waals surface area contributed by atoms with Crippen molar-refractivity contribution in [2.75, 3.05) is 6.54 Å². The zero-order valence-electron chi connectivity index (χ0n) is 10.7. The van der Waals surface area contributed by atoms with Gasteiger partial charge >= 0.3 is 0 Å². The second-order valence-electron chi connectivity index (χ2n) is 4.38. The Kier molecular flexibility index (Phi) is 5.25. The zero-order chi connectivity index (χ0) is 13.0. The molecule has 0 aliphatic carbocycles. The molecular formula is C14H18ClNS2. The van der Waals surface area contributed by atoms with Crippen molar-refractivity contribution < 1.29 is 0 Å². The van der Waals surface area contributed by atoms with Crippen molar-refractivity contribution in [3.05, 3.63) is 43.2 Å². The molecule has 1 unspecified atom stereocenters. The molecule has 0 saturated carbocycles. The van der Waals surface area contributed by atoms with Gasteiger partial charge in [0, 0.05) is 22.2 Å². The van der Waals surface area contributed by atoms with Crippen LogP contribution < -0.4 is 5.32 Å². The molecule has 4 heteroatoms. The molecule has 2 aromatic heterocycles. The van der Waals surface area contributed by atoms with Gasteiger partial charge in [0.15, 0.2) is 0 Å². The SMILES string of the molecule is CCCNC(Cc1ccc(Cl)s1)c1sccc1C. The third kappa shape index (κ3) is 3.58. The van der Waals surface area contributed by atoms with Crippen molar-refractivity contribution in [2.24, 2.45) is 0 Å². The minimum absolute atomic E-state index is 0.416. The predicted octanol–water partition coefficient (Wildman–Crippen LogP) is 5.05. The maximum absolute atomic E-state index is 6.01. The van der Waals surface area contributed by atoms with Crippen LogP contribution in [-0.4, -0.2) is 6.54 Å². The van der Waals surface area contributed by atoms with Gasteiger partial charge in [-0.3, -0.25) is 0 Å². The second kappa shape index (κ2) is 6.71. The van der Waals surface area contributed by atoms with Crippen molar-refractivity contribution in [2.45, 2.75) is 32.7 Å². The van der Waals surface area contributed by atoms with Crippen LogP contribution in [0.5, 0.6) is 0 Å².